The number of methoxy groups -OCH3 is 1. The number of anilines is 1. The van der Waals surface area contributed by atoms with Crippen molar-refractivity contribution in [2.45, 2.75) is 51.9 Å². The molecular formula is C19H28N4O. The Morgan fingerprint density at radius 3 is 2.50 bits per heavy atom. The van der Waals surface area contributed by atoms with Gasteiger partial charge in [0.2, 0.25) is 0 Å². The maximum Gasteiger partial charge on any atom is 0.180 e. The SMILES string of the molecule is C/N=C(\C=C(/C)OC)c1nc2c(c(N3CCCCCC3)n1)CCC2. The van der Waals surface area contributed by atoms with Crippen molar-refractivity contribution < 1.29 is 4.74 Å². The van der Waals surface area contributed by atoms with E-state index in [2.05, 4.69) is 9.89 Å². The molecule has 3 rings (SSSR count). The van der Waals surface area contributed by atoms with Gasteiger partial charge >= 0.3 is 0 Å². The smallest absolute Gasteiger partial charge is 0.180 e. The largest absolute Gasteiger partial charge is 0.501 e. The van der Waals surface area contributed by atoms with Crippen LogP contribution in [0.1, 0.15) is 56.1 Å². The molecule has 2 aliphatic rings. The molecule has 0 radical (unpaired) electrons. The summed E-state index contributed by atoms with van der Waals surface area (Å²) in [6.45, 7) is 4.14. The predicted octanol–water partition coefficient (Wildman–Crippen LogP) is 3.31. The molecule has 1 aromatic rings. The zero-order valence-corrected chi connectivity index (χ0v) is 15.1. The van der Waals surface area contributed by atoms with Gasteiger partial charge in [0.05, 0.1) is 12.9 Å². The summed E-state index contributed by atoms with van der Waals surface area (Å²) >= 11 is 0. The van der Waals surface area contributed by atoms with E-state index in [1.807, 2.05) is 13.0 Å². The molecule has 0 bridgehead atoms. The Bertz CT molecular complexity index is 643. The van der Waals surface area contributed by atoms with Gasteiger partial charge in [-0.15, -0.1) is 0 Å². The number of ether oxygens (including phenoxy) is 1. The normalized spacial score (nSPS) is 19.2. The number of rotatable bonds is 4. The summed E-state index contributed by atoms with van der Waals surface area (Å²) in [5.74, 6) is 2.70. The molecule has 0 atom stereocenters. The maximum absolute atomic E-state index is 5.27. The van der Waals surface area contributed by atoms with Crippen molar-refractivity contribution in [2.75, 3.05) is 32.1 Å². The minimum Gasteiger partial charge on any atom is -0.501 e. The molecule has 0 unspecified atom stereocenters. The van der Waals surface area contributed by atoms with Gasteiger partial charge in [-0.1, -0.05) is 12.8 Å². The zero-order chi connectivity index (χ0) is 16.9. The topological polar surface area (TPSA) is 50.6 Å². The second-order valence-corrected chi connectivity index (χ2v) is 6.62. The van der Waals surface area contributed by atoms with Crippen LogP contribution in [-0.2, 0) is 17.6 Å². The van der Waals surface area contributed by atoms with E-state index in [1.54, 1.807) is 14.2 Å². The van der Waals surface area contributed by atoms with E-state index in [0.29, 0.717) is 0 Å². The highest BCUT2D eigenvalue weighted by atomic mass is 16.5. The van der Waals surface area contributed by atoms with Gasteiger partial charge in [0.25, 0.3) is 0 Å². The van der Waals surface area contributed by atoms with Crippen molar-refractivity contribution >= 4 is 11.5 Å². The summed E-state index contributed by atoms with van der Waals surface area (Å²) < 4.78 is 5.27. The standard InChI is InChI=1S/C19H28N4O/c1-14(24-3)13-17(20-2)18-21-16-10-8-9-15(16)19(22-18)23-11-6-4-5-7-12-23/h13H,4-12H2,1-3H3/b14-13+,20-17+. The third-order valence-corrected chi connectivity index (χ3v) is 4.95. The van der Waals surface area contributed by atoms with Crippen molar-refractivity contribution in [3.05, 3.63) is 28.9 Å². The molecule has 1 fully saturated rings. The van der Waals surface area contributed by atoms with Crippen LogP contribution in [0.15, 0.2) is 16.8 Å². The monoisotopic (exact) mass is 328 g/mol. The lowest BCUT2D eigenvalue weighted by atomic mass is 10.2. The molecule has 5 nitrogen and oxygen atoms in total. The van der Waals surface area contributed by atoms with E-state index in [-0.39, 0.29) is 0 Å². The molecule has 2 heterocycles. The lowest BCUT2D eigenvalue weighted by Crippen LogP contribution is -2.27. The van der Waals surface area contributed by atoms with Gasteiger partial charge in [-0.2, -0.15) is 0 Å². The van der Waals surface area contributed by atoms with Crippen molar-refractivity contribution in [1.82, 2.24) is 9.97 Å². The van der Waals surface area contributed by atoms with Gasteiger partial charge < -0.3 is 9.64 Å². The number of nitrogens with zero attached hydrogens (tertiary/aromatic N) is 4. The van der Waals surface area contributed by atoms with Crippen molar-refractivity contribution in [3.8, 4) is 0 Å². The summed E-state index contributed by atoms with van der Waals surface area (Å²) in [7, 11) is 3.46. The van der Waals surface area contributed by atoms with Crippen molar-refractivity contribution in [2.24, 2.45) is 4.99 Å². The highest BCUT2D eigenvalue weighted by molar-refractivity contribution is 6.06. The third kappa shape index (κ3) is 3.60. The average Bonchev–Trinajstić information content (AvgIpc) is 2.91. The lowest BCUT2D eigenvalue weighted by molar-refractivity contribution is 0.294. The maximum atomic E-state index is 5.27. The van der Waals surface area contributed by atoms with Gasteiger partial charge in [-0.05, 0) is 39.0 Å². The van der Waals surface area contributed by atoms with E-state index in [4.69, 9.17) is 14.7 Å². The minimum absolute atomic E-state index is 0.730. The Kier molecular flexibility index (Phi) is 5.48. The zero-order valence-electron chi connectivity index (χ0n) is 15.1. The molecule has 1 aliphatic carbocycles. The molecule has 0 amide bonds. The number of aromatic nitrogens is 2. The molecule has 1 saturated heterocycles. The van der Waals surface area contributed by atoms with Crippen LogP contribution in [0.4, 0.5) is 5.82 Å². The second-order valence-electron chi connectivity index (χ2n) is 6.62. The van der Waals surface area contributed by atoms with E-state index in [0.717, 1.165) is 49.0 Å². The van der Waals surface area contributed by atoms with E-state index in [1.165, 1.54) is 43.4 Å². The quantitative estimate of drug-likeness (QED) is 0.628. The Morgan fingerprint density at radius 1 is 1.08 bits per heavy atom. The van der Waals surface area contributed by atoms with Crippen LogP contribution in [0.2, 0.25) is 0 Å². The molecule has 0 N–H and O–H groups in total. The molecule has 24 heavy (non-hydrogen) atoms. The molecule has 0 saturated carbocycles. The molecule has 5 heteroatoms. The average molecular weight is 328 g/mol. The van der Waals surface area contributed by atoms with Gasteiger partial charge in [0.15, 0.2) is 5.82 Å². The summed E-state index contributed by atoms with van der Waals surface area (Å²) in [6, 6.07) is 0. The number of hydrogen-bond donors (Lipinski definition) is 0. The van der Waals surface area contributed by atoms with Crippen LogP contribution in [-0.4, -0.2) is 42.9 Å². The number of aryl methyl sites for hydroxylation is 1. The van der Waals surface area contributed by atoms with Gasteiger partial charge in [0, 0.05) is 37.5 Å². The Morgan fingerprint density at radius 2 is 1.83 bits per heavy atom. The van der Waals surface area contributed by atoms with Gasteiger partial charge in [0.1, 0.15) is 11.5 Å². The fourth-order valence-corrected chi connectivity index (χ4v) is 3.55. The molecule has 1 aromatic heterocycles. The van der Waals surface area contributed by atoms with E-state index < -0.39 is 0 Å². The van der Waals surface area contributed by atoms with Crippen LogP contribution in [0, 0.1) is 0 Å². The number of fused-ring (bicyclic) bond motifs is 1. The van der Waals surface area contributed by atoms with Gasteiger partial charge in [-0.25, -0.2) is 9.97 Å². The highest BCUT2D eigenvalue weighted by Crippen LogP contribution is 2.30. The first-order valence-corrected chi connectivity index (χ1v) is 9.07. The second kappa shape index (κ2) is 7.77. The van der Waals surface area contributed by atoms with Crippen LogP contribution < -0.4 is 4.90 Å². The van der Waals surface area contributed by atoms with Crippen LogP contribution in [0.3, 0.4) is 0 Å². The predicted molar refractivity (Wildman–Crippen MR) is 98.0 cm³/mol. The number of aliphatic imine (C=N–C) groups is 1. The summed E-state index contributed by atoms with van der Waals surface area (Å²) in [5.41, 5.74) is 3.37. The molecular weight excluding hydrogens is 300 g/mol. The molecule has 1 aliphatic heterocycles. The Labute approximate surface area is 144 Å². The molecule has 0 spiro atoms. The lowest BCUT2D eigenvalue weighted by Gasteiger charge is -2.24. The van der Waals surface area contributed by atoms with Gasteiger partial charge in [-0.3, -0.25) is 4.99 Å². The minimum atomic E-state index is 0.730. The molecule has 0 aromatic carbocycles. The first-order valence-electron chi connectivity index (χ1n) is 9.07. The van der Waals surface area contributed by atoms with Crippen molar-refractivity contribution in [3.63, 3.8) is 0 Å². The Hall–Kier alpha value is -1.91. The summed E-state index contributed by atoms with van der Waals surface area (Å²) in [5, 5.41) is 0. The fourth-order valence-electron chi connectivity index (χ4n) is 3.55. The first-order chi connectivity index (χ1) is 11.7. The van der Waals surface area contributed by atoms with Crippen molar-refractivity contribution in [1.29, 1.82) is 0 Å². The fraction of sp³-hybridized carbons (Fsp3) is 0.632. The van der Waals surface area contributed by atoms with Crippen LogP contribution >= 0.6 is 0 Å². The first kappa shape index (κ1) is 16.9. The number of hydrogen-bond acceptors (Lipinski definition) is 5. The highest BCUT2D eigenvalue weighted by Gasteiger charge is 2.24. The summed E-state index contributed by atoms with van der Waals surface area (Å²) in [6.07, 6.45) is 10.4. The number of allylic oxidation sites excluding steroid dienone is 2. The Balaban J connectivity index is 2.01. The molecule has 130 valence electrons. The van der Waals surface area contributed by atoms with E-state index in [9.17, 15) is 0 Å². The van der Waals surface area contributed by atoms with Crippen LogP contribution in [0.25, 0.3) is 0 Å². The third-order valence-electron chi connectivity index (χ3n) is 4.95. The summed E-state index contributed by atoms with van der Waals surface area (Å²) in [4.78, 5) is 16.6. The van der Waals surface area contributed by atoms with E-state index >= 15 is 0 Å². The van der Waals surface area contributed by atoms with Crippen LogP contribution in [0.5, 0.6) is 0 Å².